The Hall–Kier alpha value is -2.00. The van der Waals surface area contributed by atoms with Crippen LogP contribution in [0.2, 0.25) is 0 Å². The van der Waals surface area contributed by atoms with Crippen molar-refractivity contribution >= 4 is 26.9 Å². The van der Waals surface area contributed by atoms with Crippen molar-refractivity contribution in [2.45, 2.75) is 30.2 Å². The molecule has 1 heterocycles. The number of carboxylic acid groups (broad SMARTS) is 1. The molecule has 0 saturated carbocycles. The molecule has 0 saturated heterocycles. The van der Waals surface area contributed by atoms with E-state index >= 15 is 0 Å². The van der Waals surface area contributed by atoms with Gasteiger partial charge in [0, 0.05) is 17.1 Å². The van der Waals surface area contributed by atoms with Crippen molar-refractivity contribution < 1.29 is 27.1 Å². The zero-order valence-electron chi connectivity index (χ0n) is 11.5. The lowest BCUT2D eigenvalue weighted by Gasteiger charge is -2.27. The third kappa shape index (κ3) is 3.09. The molecule has 0 radical (unpaired) electrons. The number of nitrogens with one attached hydrogen (secondary N) is 2. The maximum Gasteiger partial charge on any atom is 0.305 e. The number of H-pyrrole nitrogens is 1. The molecule has 22 heavy (non-hydrogen) atoms. The average Bonchev–Trinajstić information content (AvgIpc) is 2.81. The van der Waals surface area contributed by atoms with Gasteiger partial charge in [-0.25, -0.2) is 17.2 Å². The van der Waals surface area contributed by atoms with Gasteiger partial charge in [-0.2, -0.15) is 4.72 Å². The monoisotopic (exact) mass is 332 g/mol. The van der Waals surface area contributed by atoms with Gasteiger partial charge in [0.05, 0.1) is 6.42 Å². The fourth-order valence-electron chi connectivity index (χ4n) is 2.10. The van der Waals surface area contributed by atoms with Crippen molar-refractivity contribution in [3.05, 3.63) is 30.5 Å². The summed E-state index contributed by atoms with van der Waals surface area (Å²) >= 11 is 0. The summed E-state index contributed by atoms with van der Waals surface area (Å²) < 4.78 is 52.8. The lowest BCUT2D eigenvalue weighted by Crippen LogP contribution is -2.52. The van der Waals surface area contributed by atoms with E-state index in [0.29, 0.717) is 10.9 Å². The Bertz CT molecular complexity index is 803. The number of fused-ring (bicyclic) bond motifs is 1. The van der Waals surface area contributed by atoms with Gasteiger partial charge in [0.25, 0.3) is 6.43 Å². The molecule has 1 unspecified atom stereocenters. The predicted octanol–water partition coefficient (Wildman–Crippen LogP) is 1.94. The highest BCUT2D eigenvalue weighted by molar-refractivity contribution is 7.89. The van der Waals surface area contributed by atoms with Gasteiger partial charge in [0.2, 0.25) is 10.0 Å². The summed E-state index contributed by atoms with van der Waals surface area (Å²) in [5.74, 6) is -1.52. The summed E-state index contributed by atoms with van der Waals surface area (Å²) in [4.78, 5) is 13.2. The van der Waals surface area contributed by atoms with E-state index in [4.69, 9.17) is 5.11 Å². The fraction of sp³-hybridized carbons (Fsp3) is 0.308. The highest BCUT2D eigenvalue weighted by Gasteiger charge is 2.41. The highest BCUT2D eigenvalue weighted by atomic mass is 32.2. The van der Waals surface area contributed by atoms with Gasteiger partial charge in [-0.15, -0.1) is 0 Å². The Morgan fingerprint density at radius 3 is 2.64 bits per heavy atom. The van der Waals surface area contributed by atoms with E-state index in [-0.39, 0.29) is 4.90 Å². The van der Waals surface area contributed by atoms with Crippen LogP contribution in [0.4, 0.5) is 8.78 Å². The minimum atomic E-state index is -4.32. The van der Waals surface area contributed by atoms with E-state index in [0.717, 1.165) is 6.92 Å². The number of hydrogen-bond acceptors (Lipinski definition) is 3. The molecule has 3 N–H and O–H groups in total. The third-order valence-electron chi connectivity index (χ3n) is 3.21. The topological polar surface area (TPSA) is 99.3 Å². The zero-order chi connectivity index (χ0) is 16.5. The lowest BCUT2D eigenvalue weighted by atomic mass is 10.0. The maximum absolute atomic E-state index is 13.1. The number of benzene rings is 1. The largest absolute Gasteiger partial charge is 0.481 e. The van der Waals surface area contributed by atoms with Crippen molar-refractivity contribution in [2.24, 2.45) is 0 Å². The fourth-order valence-corrected chi connectivity index (χ4v) is 3.67. The second-order valence-electron chi connectivity index (χ2n) is 5.09. The molecule has 120 valence electrons. The molecule has 2 aromatic rings. The summed E-state index contributed by atoms with van der Waals surface area (Å²) in [6, 6.07) is 6.46. The highest BCUT2D eigenvalue weighted by Crippen LogP contribution is 2.27. The third-order valence-corrected chi connectivity index (χ3v) is 4.86. The molecular formula is C13H14F2N2O4S. The summed E-state index contributed by atoms with van der Waals surface area (Å²) in [5, 5.41) is 9.06. The van der Waals surface area contributed by atoms with Crippen molar-refractivity contribution in [2.75, 3.05) is 0 Å². The van der Waals surface area contributed by atoms with Gasteiger partial charge in [0.1, 0.15) is 10.4 Å². The molecule has 0 bridgehead atoms. The average molecular weight is 332 g/mol. The summed E-state index contributed by atoms with van der Waals surface area (Å²) in [5.41, 5.74) is -1.87. The number of para-hydroxylation sites is 1. The smallest absolute Gasteiger partial charge is 0.305 e. The van der Waals surface area contributed by atoms with Crippen LogP contribution < -0.4 is 4.72 Å². The number of aliphatic carboxylic acids is 1. The second-order valence-corrected chi connectivity index (χ2v) is 6.74. The molecule has 9 heteroatoms. The molecule has 0 aliphatic heterocycles. The first-order chi connectivity index (χ1) is 10.2. The molecule has 1 aromatic heterocycles. The zero-order valence-corrected chi connectivity index (χ0v) is 12.3. The number of halogens is 2. The summed E-state index contributed by atoms with van der Waals surface area (Å²) in [6.45, 7) is 0.859. The first kappa shape index (κ1) is 16.4. The summed E-state index contributed by atoms with van der Waals surface area (Å²) in [7, 11) is -4.32. The quantitative estimate of drug-likeness (QED) is 0.753. The Kier molecular flexibility index (Phi) is 4.21. The summed E-state index contributed by atoms with van der Waals surface area (Å²) in [6.07, 6.45) is -3.03. The van der Waals surface area contributed by atoms with Crippen LogP contribution in [0.5, 0.6) is 0 Å². The molecule has 0 fully saturated rings. The number of aromatic amines is 1. The molecule has 0 amide bonds. The number of sulfonamides is 1. The van der Waals surface area contributed by atoms with Crippen LogP contribution >= 0.6 is 0 Å². The molecule has 0 aliphatic carbocycles. The van der Waals surface area contributed by atoms with E-state index < -0.39 is 34.4 Å². The molecule has 6 nitrogen and oxygen atoms in total. The second kappa shape index (κ2) is 5.65. The Balaban J connectivity index is 2.44. The van der Waals surface area contributed by atoms with Crippen LogP contribution in [-0.4, -0.2) is 36.4 Å². The van der Waals surface area contributed by atoms with E-state index in [9.17, 15) is 22.0 Å². The Morgan fingerprint density at radius 2 is 2.05 bits per heavy atom. The number of alkyl halides is 2. The van der Waals surface area contributed by atoms with Gasteiger partial charge in [0.15, 0.2) is 0 Å². The number of hydrogen-bond donors (Lipinski definition) is 3. The van der Waals surface area contributed by atoms with Crippen LogP contribution in [0.1, 0.15) is 13.3 Å². The van der Waals surface area contributed by atoms with Crippen LogP contribution in [0.3, 0.4) is 0 Å². The van der Waals surface area contributed by atoms with Crippen molar-refractivity contribution in [1.82, 2.24) is 9.71 Å². The number of aromatic nitrogens is 1. The molecular weight excluding hydrogens is 318 g/mol. The van der Waals surface area contributed by atoms with Gasteiger partial charge >= 0.3 is 5.97 Å². The van der Waals surface area contributed by atoms with Crippen LogP contribution in [0, 0.1) is 0 Å². The SMILES string of the molecule is CC(CC(=O)O)(NS(=O)(=O)c1c[nH]c2ccccc12)C(F)F. The Labute approximate surface area is 125 Å². The number of rotatable bonds is 6. The van der Waals surface area contributed by atoms with E-state index in [2.05, 4.69) is 4.98 Å². The van der Waals surface area contributed by atoms with E-state index in [1.54, 1.807) is 18.2 Å². The number of carboxylic acids is 1. The molecule has 1 aromatic carbocycles. The maximum atomic E-state index is 13.1. The normalized spacial score (nSPS) is 15.1. The van der Waals surface area contributed by atoms with Gasteiger partial charge < -0.3 is 10.1 Å². The predicted molar refractivity (Wildman–Crippen MR) is 75.3 cm³/mol. The molecule has 2 rings (SSSR count). The molecule has 0 spiro atoms. The van der Waals surface area contributed by atoms with Gasteiger partial charge in [-0.05, 0) is 13.0 Å². The Morgan fingerprint density at radius 1 is 1.41 bits per heavy atom. The minimum absolute atomic E-state index is 0.208. The van der Waals surface area contributed by atoms with Gasteiger partial charge in [-0.1, -0.05) is 18.2 Å². The van der Waals surface area contributed by atoms with Crippen LogP contribution in [0.25, 0.3) is 10.9 Å². The van der Waals surface area contributed by atoms with Gasteiger partial charge in [-0.3, -0.25) is 4.79 Å². The van der Waals surface area contributed by atoms with Crippen molar-refractivity contribution in [1.29, 1.82) is 0 Å². The van der Waals surface area contributed by atoms with Crippen LogP contribution in [-0.2, 0) is 14.8 Å². The van der Waals surface area contributed by atoms with Crippen molar-refractivity contribution in [3.63, 3.8) is 0 Å². The number of carbonyl (C=O) groups is 1. The molecule has 0 aliphatic rings. The standard InChI is InChI=1S/C13H14F2N2O4S/c1-13(12(14)15,6-11(18)19)17-22(20,21)10-7-16-9-5-3-2-4-8(9)10/h2-5,7,12,16-17H,6H2,1H3,(H,18,19). The lowest BCUT2D eigenvalue weighted by molar-refractivity contribution is -0.140. The minimum Gasteiger partial charge on any atom is -0.481 e. The van der Waals surface area contributed by atoms with E-state index in [1.807, 2.05) is 4.72 Å². The van der Waals surface area contributed by atoms with Crippen molar-refractivity contribution in [3.8, 4) is 0 Å². The first-order valence-electron chi connectivity index (χ1n) is 6.26. The van der Waals surface area contributed by atoms with E-state index in [1.165, 1.54) is 12.3 Å². The first-order valence-corrected chi connectivity index (χ1v) is 7.74. The van der Waals surface area contributed by atoms with Crippen LogP contribution in [0.15, 0.2) is 35.4 Å². The molecule has 1 atom stereocenters.